The Bertz CT molecular complexity index is 1100. The van der Waals surface area contributed by atoms with Crippen molar-refractivity contribution in [1.82, 2.24) is 25.1 Å². The molecule has 134 valence electrons. The van der Waals surface area contributed by atoms with Gasteiger partial charge in [0.25, 0.3) is 0 Å². The monoisotopic (exact) mass is 362 g/mol. The van der Waals surface area contributed by atoms with Crippen LogP contribution in [0.2, 0.25) is 0 Å². The minimum Gasteiger partial charge on any atom is -0.334 e. The number of pyridine rings is 1. The minimum atomic E-state index is -0.393. The van der Waals surface area contributed by atoms with Crippen LogP contribution in [-0.4, -0.2) is 25.8 Å². The van der Waals surface area contributed by atoms with Crippen molar-refractivity contribution in [2.24, 2.45) is 0 Å². The number of carbonyl (C=O) groups excluding carboxylic acids is 1. The maximum atomic E-state index is 13.7. The molecule has 2 heterocycles. The van der Waals surface area contributed by atoms with Gasteiger partial charge >= 0.3 is 6.03 Å². The van der Waals surface area contributed by atoms with Crippen LogP contribution in [0.25, 0.3) is 16.6 Å². The van der Waals surface area contributed by atoms with E-state index in [0.29, 0.717) is 17.6 Å². The summed E-state index contributed by atoms with van der Waals surface area (Å²) in [7, 11) is 0. The molecule has 2 N–H and O–H groups in total. The molecule has 2 aromatic carbocycles. The van der Waals surface area contributed by atoms with Crippen LogP contribution < -0.4 is 10.6 Å². The molecule has 4 rings (SSSR count). The fourth-order valence-corrected chi connectivity index (χ4v) is 2.70. The second kappa shape index (κ2) is 7.20. The summed E-state index contributed by atoms with van der Waals surface area (Å²) in [6.45, 7) is 0.337. The molecule has 0 saturated heterocycles. The lowest BCUT2D eigenvalue weighted by Gasteiger charge is -2.09. The van der Waals surface area contributed by atoms with Crippen LogP contribution in [0, 0.1) is 5.82 Å². The maximum Gasteiger partial charge on any atom is 0.319 e. The third-order valence-electron chi connectivity index (χ3n) is 3.97. The molecule has 2 aromatic heterocycles. The fraction of sp³-hybridized carbons (Fsp3) is 0.0526. The highest BCUT2D eigenvalue weighted by Gasteiger charge is 2.06. The standard InChI is InChI=1S/C19H15FN6O/c20-17-6-2-4-14-8-15(10-22-18(14)17)25-19(27)23-9-13-3-1-5-16(7-13)26-12-21-11-24-26/h1-8,10-12H,9H2,(H2,23,25,27). The lowest BCUT2D eigenvalue weighted by molar-refractivity contribution is 0.251. The van der Waals surface area contributed by atoms with E-state index < -0.39 is 5.82 Å². The molecule has 27 heavy (non-hydrogen) atoms. The van der Waals surface area contributed by atoms with Crippen molar-refractivity contribution in [1.29, 1.82) is 0 Å². The molecule has 0 aliphatic rings. The van der Waals surface area contributed by atoms with E-state index in [2.05, 4.69) is 25.7 Å². The van der Waals surface area contributed by atoms with Crippen molar-refractivity contribution in [3.63, 3.8) is 0 Å². The Morgan fingerprint density at radius 3 is 2.89 bits per heavy atom. The molecule has 0 bridgehead atoms. The van der Waals surface area contributed by atoms with E-state index >= 15 is 0 Å². The molecule has 7 nitrogen and oxygen atoms in total. The van der Waals surface area contributed by atoms with E-state index in [4.69, 9.17) is 0 Å². The number of anilines is 1. The first-order valence-corrected chi connectivity index (χ1v) is 8.22. The Morgan fingerprint density at radius 2 is 2.04 bits per heavy atom. The lowest BCUT2D eigenvalue weighted by atomic mass is 10.2. The highest BCUT2D eigenvalue weighted by molar-refractivity contribution is 5.92. The number of nitrogens with one attached hydrogen (secondary N) is 2. The molecule has 0 spiro atoms. The first-order chi connectivity index (χ1) is 13.2. The molecule has 8 heteroatoms. The predicted molar refractivity (Wildman–Crippen MR) is 98.9 cm³/mol. The summed E-state index contributed by atoms with van der Waals surface area (Å²) in [5.41, 5.74) is 2.53. The summed E-state index contributed by atoms with van der Waals surface area (Å²) >= 11 is 0. The van der Waals surface area contributed by atoms with Crippen LogP contribution in [-0.2, 0) is 6.54 Å². The Morgan fingerprint density at radius 1 is 1.15 bits per heavy atom. The Hall–Kier alpha value is -3.81. The smallest absolute Gasteiger partial charge is 0.319 e. The van der Waals surface area contributed by atoms with Gasteiger partial charge in [0.2, 0.25) is 0 Å². The number of hydrogen-bond donors (Lipinski definition) is 2. The molecular weight excluding hydrogens is 347 g/mol. The summed E-state index contributed by atoms with van der Waals surface area (Å²) in [4.78, 5) is 20.1. The highest BCUT2D eigenvalue weighted by atomic mass is 19.1. The number of carbonyl (C=O) groups is 1. The van der Waals surface area contributed by atoms with Gasteiger partial charge in [-0.05, 0) is 29.8 Å². The van der Waals surface area contributed by atoms with Gasteiger partial charge in [0.1, 0.15) is 24.0 Å². The van der Waals surface area contributed by atoms with Crippen LogP contribution >= 0.6 is 0 Å². The highest BCUT2D eigenvalue weighted by Crippen LogP contribution is 2.19. The zero-order valence-corrected chi connectivity index (χ0v) is 14.1. The van der Waals surface area contributed by atoms with Crippen LogP contribution in [0.3, 0.4) is 0 Å². The minimum absolute atomic E-state index is 0.272. The van der Waals surface area contributed by atoms with E-state index in [-0.39, 0.29) is 11.5 Å². The zero-order valence-electron chi connectivity index (χ0n) is 14.1. The van der Waals surface area contributed by atoms with Gasteiger partial charge in [-0.25, -0.2) is 18.9 Å². The number of benzene rings is 2. The fourth-order valence-electron chi connectivity index (χ4n) is 2.70. The van der Waals surface area contributed by atoms with E-state index in [9.17, 15) is 9.18 Å². The largest absolute Gasteiger partial charge is 0.334 e. The van der Waals surface area contributed by atoms with E-state index in [0.717, 1.165) is 11.3 Å². The number of aromatic nitrogens is 4. The second-order valence-corrected chi connectivity index (χ2v) is 5.85. The van der Waals surface area contributed by atoms with Crippen molar-refractivity contribution in [3.8, 4) is 5.69 Å². The first-order valence-electron chi connectivity index (χ1n) is 8.22. The third-order valence-corrected chi connectivity index (χ3v) is 3.97. The average Bonchev–Trinajstić information content (AvgIpc) is 3.22. The lowest BCUT2D eigenvalue weighted by Crippen LogP contribution is -2.28. The summed E-state index contributed by atoms with van der Waals surface area (Å²) in [5.74, 6) is -0.393. The van der Waals surface area contributed by atoms with Gasteiger partial charge in [-0.3, -0.25) is 4.98 Å². The third kappa shape index (κ3) is 3.74. The predicted octanol–water partition coefficient (Wildman–Crippen LogP) is 3.28. The molecule has 0 unspecified atom stereocenters. The SMILES string of the molecule is O=C(NCc1cccc(-n2cncn2)c1)Nc1cnc2c(F)cccc2c1. The number of amides is 2. The normalized spacial score (nSPS) is 10.7. The van der Waals surface area contributed by atoms with Crippen molar-refractivity contribution in [2.75, 3.05) is 5.32 Å². The van der Waals surface area contributed by atoms with Gasteiger partial charge in [0.05, 0.1) is 17.6 Å². The maximum absolute atomic E-state index is 13.7. The van der Waals surface area contributed by atoms with Gasteiger partial charge in [-0.2, -0.15) is 5.10 Å². The quantitative estimate of drug-likeness (QED) is 0.583. The molecule has 0 aliphatic heterocycles. The van der Waals surface area contributed by atoms with Gasteiger partial charge < -0.3 is 10.6 Å². The first kappa shape index (κ1) is 16.6. The van der Waals surface area contributed by atoms with Gasteiger partial charge in [0, 0.05) is 11.9 Å². The summed E-state index contributed by atoms with van der Waals surface area (Å²) < 4.78 is 15.3. The van der Waals surface area contributed by atoms with Crippen molar-refractivity contribution < 1.29 is 9.18 Å². The molecule has 2 amide bonds. The number of fused-ring (bicyclic) bond motifs is 1. The topological polar surface area (TPSA) is 84.7 Å². The van der Waals surface area contributed by atoms with Crippen molar-refractivity contribution in [2.45, 2.75) is 6.54 Å². The molecule has 0 radical (unpaired) electrons. The van der Waals surface area contributed by atoms with Crippen molar-refractivity contribution in [3.05, 3.63) is 78.8 Å². The zero-order chi connectivity index (χ0) is 18.6. The summed E-state index contributed by atoms with van der Waals surface area (Å²) in [6.07, 6.45) is 4.49. The number of nitrogens with zero attached hydrogens (tertiary/aromatic N) is 4. The van der Waals surface area contributed by atoms with Gasteiger partial charge in [-0.15, -0.1) is 0 Å². The average molecular weight is 362 g/mol. The molecule has 0 saturated carbocycles. The van der Waals surface area contributed by atoms with Crippen LogP contribution in [0.4, 0.5) is 14.9 Å². The number of halogens is 1. The van der Waals surface area contributed by atoms with E-state index in [1.807, 2.05) is 24.3 Å². The number of urea groups is 1. The molecule has 0 fully saturated rings. The molecule has 0 atom stereocenters. The molecular formula is C19H15FN6O. The van der Waals surface area contributed by atoms with Crippen LogP contribution in [0.15, 0.2) is 67.4 Å². The van der Waals surface area contributed by atoms with Gasteiger partial charge in [-0.1, -0.05) is 24.3 Å². The van der Waals surface area contributed by atoms with Crippen LogP contribution in [0.1, 0.15) is 5.56 Å². The van der Waals surface area contributed by atoms with Gasteiger partial charge in [0.15, 0.2) is 0 Å². The number of rotatable bonds is 4. The van der Waals surface area contributed by atoms with Crippen LogP contribution in [0.5, 0.6) is 0 Å². The second-order valence-electron chi connectivity index (χ2n) is 5.85. The number of hydrogen-bond acceptors (Lipinski definition) is 4. The number of para-hydroxylation sites is 1. The summed E-state index contributed by atoms with van der Waals surface area (Å²) in [5, 5.41) is 10.2. The molecule has 0 aliphatic carbocycles. The molecule has 4 aromatic rings. The summed E-state index contributed by atoms with van der Waals surface area (Å²) in [6, 6.07) is 13.6. The Balaban J connectivity index is 1.41. The van der Waals surface area contributed by atoms with Crippen molar-refractivity contribution >= 4 is 22.6 Å². The van der Waals surface area contributed by atoms with E-state index in [1.165, 1.54) is 18.6 Å². The van der Waals surface area contributed by atoms with E-state index in [1.54, 1.807) is 29.2 Å². The Labute approximate surface area is 153 Å². The Kier molecular flexibility index (Phi) is 4.44.